The predicted octanol–water partition coefficient (Wildman–Crippen LogP) is -4.74. The SMILES string of the molecule is CC1NC(=O)C(C(C)O)NC(=O)C(CNC(=O)C(CO)NC(=O)CC(N)C(=O)O)C(C)OC(=O)C2C(O)CCN2C(=O)C(C(O)C(C)C)NC(=O)C(C(C)c2c[nH]c3ccccc23)NC(=O)C(=Cc2c[nH]c3ccccc23)NC(=O)C2C(O)CCN2C(=O)CNC1=O. The fraction of sp³-hybridized carbons (Fsp3) is 0.500. The van der Waals surface area contributed by atoms with Crippen LogP contribution >= 0.6 is 0 Å². The molecule has 18 N–H and O–H groups in total. The van der Waals surface area contributed by atoms with Crippen molar-refractivity contribution >= 4 is 98.9 Å². The number of cyclic esters (lactones) is 1. The van der Waals surface area contributed by atoms with Gasteiger partial charge >= 0.3 is 11.9 Å². The van der Waals surface area contributed by atoms with Gasteiger partial charge in [0.05, 0.1) is 49.9 Å². The second-order valence-corrected chi connectivity index (χ2v) is 23.4. The van der Waals surface area contributed by atoms with Gasteiger partial charge in [0.25, 0.3) is 5.91 Å². The van der Waals surface area contributed by atoms with Gasteiger partial charge in [-0.25, -0.2) is 4.79 Å². The molecular weight excluding hydrogens is 1210 g/mol. The Labute approximate surface area is 526 Å². The predicted molar refractivity (Wildman–Crippen MR) is 324 cm³/mol. The molecule has 15 unspecified atom stereocenters. The van der Waals surface area contributed by atoms with E-state index in [0.717, 1.165) is 23.6 Å². The summed E-state index contributed by atoms with van der Waals surface area (Å²) >= 11 is 0. The van der Waals surface area contributed by atoms with Gasteiger partial charge in [0.15, 0.2) is 6.04 Å². The molecule has 2 aromatic carbocycles. The standard InChI is InChI=1S/C60H79N13O19/c1-26(2)50(80)47-58(88)73-18-16-42(77)49(73)60(91)92-30(6)35(23-64-53(83)40(25-74)67-43(78)20-36(61)59(89)90)52(82)70-46(29(5)75)56(86)66-28(4)51(81)65-24-44(79)72-17-15-41(76)48(72)57(87)68-39(19-31-21-62-37-13-9-7-11-32(31)37)54(84)69-45(55(85)71-47)27(3)34-22-63-38-14-10-8-12-33(34)38/h7-14,19,21-22,26-30,35-36,40-42,45-50,62-63,74-77,80H,15-18,20,23-25,61H2,1-6H3,(H,64,83)(H,65,81)(H,66,86)(H,67,78)(H,68,87)(H,69,84)(H,70,82)(H,71,85)(H,89,90). The summed E-state index contributed by atoms with van der Waals surface area (Å²) in [5.41, 5.74) is 7.02. The molecule has 10 amide bonds. The number of aliphatic carboxylic acids is 1. The van der Waals surface area contributed by atoms with Crippen LogP contribution in [-0.2, 0) is 62.3 Å². The zero-order valence-electron chi connectivity index (χ0n) is 51.2. The van der Waals surface area contributed by atoms with Gasteiger partial charge in [-0.2, -0.15) is 0 Å². The lowest BCUT2D eigenvalue weighted by Gasteiger charge is -2.35. The quantitative estimate of drug-likeness (QED) is 0.0416. The smallest absolute Gasteiger partial charge is 0.331 e. The molecule has 498 valence electrons. The molecule has 32 nitrogen and oxygen atoms in total. The molecule has 7 rings (SSSR count). The topological polar surface area (TPSA) is 496 Å². The number of carbonyl (C=O) groups excluding carboxylic acids is 11. The van der Waals surface area contributed by atoms with E-state index in [1.54, 1.807) is 61.7 Å². The van der Waals surface area contributed by atoms with Crippen LogP contribution in [0.1, 0.15) is 77.8 Å². The number of rotatable bonds is 14. The van der Waals surface area contributed by atoms with Crippen LogP contribution in [0.15, 0.2) is 66.6 Å². The van der Waals surface area contributed by atoms with Gasteiger partial charge in [0.1, 0.15) is 54.1 Å². The number of amides is 10. The Morgan fingerprint density at radius 1 is 0.739 bits per heavy atom. The number of aromatic amines is 2. The maximum Gasteiger partial charge on any atom is 0.331 e. The number of hydrogen-bond donors (Lipinski definition) is 17. The number of nitrogens with two attached hydrogens (primary N) is 1. The Morgan fingerprint density at radius 2 is 1.34 bits per heavy atom. The molecular formula is C60H79N13O19. The molecule has 92 heavy (non-hydrogen) atoms. The van der Waals surface area contributed by atoms with E-state index in [4.69, 9.17) is 15.6 Å². The summed E-state index contributed by atoms with van der Waals surface area (Å²) in [6.07, 6.45) is -5.32. The first-order valence-electron chi connectivity index (χ1n) is 29.9. The van der Waals surface area contributed by atoms with Crippen molar-refractivity contribution in [3.8, 4) is 0 Å². The fourth-order valence-corrected chi connectivity index (χ4v) is 11.1. The number of fused-ring (bicyclic) bond motifs is 4. The molecule has 32 heteroatoms. The molecule has 3 saturated heterocycles. The molecule has 0 aliphatic carbocycles. The van der Waals surface area contributed by atoms with Crippen LogP contribution < -0.4 is 48.3 Å². The van der Waals surface area contributed by atoms with Gasteiger partial charge in [0.2, 0.25) is 53.2 Å². The summed E-state index contributed by atoms with van der Waals surface area (Å²) in [5, 5.41) is 85.2. The number of aliphatic hydroxyl groups is 5. The number of carboxylic acids is 1. The van der Waals surface area contributed by atoms with Crippen LogP contribution in [0, 0.1) is 11.8 Å². The number of carboxylic acid groups (broad SMARTS) is 1. The highest BCUT2D eigenvalue weighted by atomic mass is 16.5. The lowest BCUT2D eigenvalue weighted by Crippen LogP contribution is -2.62. The highest BCUT2D eigenvalue weighted by Gasteiger charge is 2.49. The molecule has 15 atom stereocenters. The average molecular weight is 1290 g/mol. The second-order valence-electron chi connectivity index (χ2n) is 23.4. The van der Waals surface area contributed by atoms with E-state index in [1.165, 1.54) is 33.0 Å². The summed E-state index contributed by atoms with van der Waals surface area (Å²) < 4.78 is 5.78. The highest BCUT2D eigenvalue weighted by molar-refractivity contribution is 6.07. The molecule has 2 aromatic heterocycles. The summed E-state index contributed by atoms with van der Waals surface area (Å²) in [7, 11) is 0. The van der Waals surface area contributed by atoms with Crippen molar-refractivity contribution in [2.45, 2.75) is 146 Å². The summed E-state index contributed by atoms with van der Waals surface area (Å²) in [6.45, 7) is 4.63. The number of esters is 1. The Balaban J connectivity index is 1.30. The minimum Gasteiger partial charge on any atom is -0.480 e. The molecule has 3 aliphatic heterocycles. The molecule has 0 bridgehead atoms. The van der Waals surface area contributed by atoms with Gasteiger partial charge in [-0.15, -0.1) is 0 Å². The molecule has 3 fully saturated rings. The lowest BCUT2D eigenvalue weighted by atomic mass is 9.91. The number of aromatic nitrogens is 2. The largest absolute Gasteiger partial charge is 0.480 e. The van der Waals surface area contributed by atoms with E-state index in [0.29, 0.717) is 32.9 Å². The number of hydrogen-bond acceptors (Lipinski definition) is 19. The number of carbonyl (C=O) groups is 12. The van der Waals surface area contributed by atoms with Crippen LogP contribution in [0.2, 0.25) is 0 Å². The first-order valence-corrected chi connectivity index (χ1v) is 29.9. The second kappa shape index (κ2) is 30.6. The van der Waals surface area contributed by atoms with Crippen molar-refractivity contribution in [2.75, 3.05) is 32.8 Å². The summed E-state index contributed by atoms with van der Waals surface area (Å²) in [4.78, 5) is 176. The van der Waals surface area contributed by atoms with Crippen LogP contribution in [0.25, 0.3) is 27.9 Å². The maximum absolute atomic E-state index is 15.3. The Bertz CT molecular complexity index is 3480. The van der Waals surface area contributed by atoms with Crippen LogP contribution in [0.3, 0.4) is 0 Å². The minimum absolute atomic E-state index is 0.145. The number of ether oxygens (including phenoxy) is 1. The van der Waals surface area contributed by atoms with E-state index in [9.17, 15) is 68.7 Å². The molecule has 0 radical (unpaired) electrons. The monoisotopic (exact) mass is 1290 g/mol. The van der Waals surface area contributed by atoms with E-state index in [1.807, 2.05) is 0 Å². The number of H-pyrrole nitrogens is 2. The highest BCUT2D eigenvalue weighted by Crippen LogP contribution is 2.30. The Morgan fingerprint density at radius 3 is 1.98 bits per heavy atom. The van der Waals surface area contributed by atoms with E-state index >= 15 is 14.4 Å². The van der Waals surface area contributed by atoms with Gasteiger partial charge < -0.3 is 103 Å². The van der Waals surface area contributed by atoms with Crippen molar-refractivity contribution in [1.82, 2.24) is 62.3 Å². The zero-order valence-corrected chi connectivity index (χ0v) is 51.2. The number of benzene rings is 2. The normalized spacial score (nSPS) is 26.8. The molecule has 5 heterocycles. The Hall–Kier alpha value is -9.34. The summed E-state index contributed by atoms with van der Waals surface area (Å²) in [5.74, 6) is -17.6. The number of aliphatic hydroxyl groups excluding tert-OH is 5. The third kappa shape index (κ3) is 16.4. The number of nitrogens with zero attached hydrogens (tertiary/aromatic N) is 2. The van der Waals surface area contributed by atoms with Gasteiger partial charge in [-0.1, -0.05) is 57.2 Å². The van der Waals surface area contributed by atoms with E-state index in [-0.39, 0.29) is 19.4 Å². The number of para-hydroxylation sites is 2. The van der Waals surface area contributed by atoms with Crippen molar-refractivity contribution in [3.63, 3.8) is 0 Å². The molecule has 0 spiro atoms. The zero-order chi connectivity index (χ0) is 67.6. The third-order valence-electron chi connectivity index (χ3n) is 16.5. The van der Waals surface area contributed by atoms with E-state index < -0.39 is 206 Å². The molecule has 4 aromatic rings. The van der Waals surface area contributed by atoms with Gasteiger partial charge in [-0.3, -0.25) is 52.7 Å². The average Bonchev–Trinajstić information content (AvgIpc) is 1.58. The Kier molecular flexibility index (Phi) is 23.4. The molecule has 0 saturated carbocycles. The van der Waals surface area contributed by atoms with Crippen molar-refractivity contribution in [3.05, 3.63) is 77.7 Å². The fourth-order valence-electron chi connectivity index (χ4n) is 11.1. The van der Waals surface area contributed by atoms with Crippen molar-refractivity contribution in [2.24, 2.45) is 17.6 Å². The van der Waals surface area contributed by atoms with Gasteiger partial charge in [-0.05, 0) is 63.3 Å². The maximum atomic E-state index is 15.3. The van der Waals surface area contributed by atoms with Crippen LogP contribution in [0.5, 0.6) is 0 Å². The van der Waals surface area contributed by atoms with Crippen LogP contribution in [-0.4, -0.2) is 233 Å². The van der Waals surface area contributed by atoms with E-state index in [2.05, 4.69) is 52.5 Å². The van der Waals surface area contributed by atoms with Crippen LogP contribution in [0.4, 0.5) is 0 Å². The first kappa shape index (κ1) is 70.1. The minimum atomic E-state index is -1.96. The number of nitrogens with one attached hydrogen (secondary N) is 10. The van der Waals surface area contributed by atoms with Gasteiger partial charge in [0, 0.05) is 65.3 Å². The third-order valence-corrected chi connectivity index (χ3v) is 16.5. The lowest BCUT2D eigenvalue weighted by molar-refractivity contribution is -0.165. The molecule has 3 aliphatic rings. The van der Waals surface area contributed by atoms with Crippen molar-refractivity contribution in [1.29, 1.82) is 0 Å². The summed E-state index contributed by atoms with van der Waals surface area (Å²) in [6, 6.07) is -0.304. The van der Waals surface area contributed by atoms with Crippen molar-refractivity contribution < 1.29 is 92.9 Å². The first-order chi connectivity index (χ1) is 43.5.